The summed E-state index contributed by atoms with van der Waals surface area (Å²) in [5, 5.41) is 18.4. The molecule has 2 atom stereocenters. The van der Waals surface area contributed by atoms with Gasteiger partial charge in [0.05, 0.1) is 17.5 Å². The van der Waals surface area contributed by atoms with Crippen LogP contribution in [0.15, 0.2) is 24.3 Å². The molecule has 3 heterocycles. The van der Waals surface area contributed by atoms with Gasteiger partial charge in [0.2, 0.25) is 11.8 Å². The van der Waals surface area contributed by atoms with Gasteiger partial charge in [-0.25, -0.2) is 4.68 Å². The molecule has 0 saturated carbocycles. The highest BCUT2D eigenvalue weighted by Crippen LogP contribution is 2.35. The van der Waals surface area contributed by atoms with Gasteiger partial charge < -0.3 is 20.2 Å². The number of nitrogens with one attached hydrogen (secondary N) is 1. The second kappa shape index (κ2) is 12.3. The standard InChI is InChI=1S/C31H46N6O4/c1-8-9-16-36-29(40)26(27(38)20(2)3)32-30(41)31(36)14-17-35(18-15-31)19-25-21(4)33-37(22(25)5)24-12-10-23(11-13-24)28(39)34(6)7/h10-13,20,26-27,38H,8-9,14-19H2,1-7H3,(H,32,41). The lowest BCUT2D eigenvalue weighted by Gasteiger charge is -2.52. The third-order valence-electron chi connectivity index (χ3n) is 8.79. The van der Waals surface area contributed by atoms with Gasteiger partial charge >= 0.3 is 0 Å². The fourth-order valence-corrected chi connectivity index (χ4v) is 6.06. The van der Waals surface area contributed by atoms with E-state index in [9.17, 15) is 19.5 Å². The van der Waals surface area contributed by atoms with E-state index in [1.165, 1.54) is 0 Å². The Balaban J connectivity index is 1.49. The fraction of sp³-hybridized carbons (Fsp3) is 0.613. The maximum atomic E-state index is 13.6. The Morgan fingerprint density at radius 3 is 2.34 bits per heavy atom. The van der Waals surface area contributed by atoms with Gasteiger partial charge in [-0.3, -0.25) is 19.3 Å². The van der Waals surface area contributed by atoms with Crippen LogP contribution in [0.5, 0.6) is 0 Å². The van der Waals surface area contributed by atoms with Crippen LogP contribution in [-0.4, -0.2) is 98.7 Å². The minimum atomic E-state index is -0.917. The monoisotopic (exact) mass is 566 g/mol. The maximum absolute atomic E-state index is 13.6. The van der Waals surface area contributed by atoms with Crippen molar-refractivity contribution in [2.75, 3.05) is 33.7 Å². The molecule has 0 bridgehead atoms. The molecule has 224 valence electrons. The molecule has 2 aliphatic rings. The number of carbonyl (C=O) groups excluding carboxylic acids is 3. The smallest absolute Gasteiger partial charge is 0.253 e. The molecule has 2 aliphatic heterocycles. The Morgan fingerprint density at radius 1 is 1.15 bits per heavy atom. The first-order valence-electron chi connectivity index (χ1n) is 14.8. The minimum absolute atomic E-state index is 0.0401. The van der Waals surface area contributed by atoms with E-state index >= 15 is 0 Å². The average Bonchev–Trinajstić information content (AvgIpc) is 3.23. The molecule has 0 aliphatic carbocycles. The summed E-state index contributed by atoms with van der Waals surface area (Å²) in [6.07, 6.45) is 1.91. The molecule has 1 spiro atoms. The summed E-state index contributed by atoms with van der Waals surface area (Å²) in [6.45, 7) is 12.4. The van der Waals surface area contributed by atoms with Crippen molar-refractivity contribution in [1.82, 2.24) is 29.8 Å². The predicted octanol–water partition coefficient (Wildman–Crippen LogP) is 2.67. The zero-order chi connectivity index (χ0) is 30.1. The summed E-state index contributed by atoms with van der Waals surface area (Å²) in [5.41, 5.74) is 3.77. The van der Waals surface area contributed by atoms with Crippen LogP contribution >= 0.6 is 0 Å². The summed E-state index contributed by atoms with van der Waals surface area (Å²) >= 11 is 0. The number of likely N-dealkylation sites (tertiary alicyclic amines) is 1. The summed E-state index contributed by atoms with van der Waals surface area (Å²) in [7, 11) is 3.47. The van der Waals surface area contributed by atoms with Crippen LogP contribution in [0, 0.1) is 19.8 Å². The number of amides is 3. The largest absolute Gasteiger partial charge is 0.390 e. The highest BCUT2D eigenvalue weighted by atomic mass is 16.3. The lowest BCUT2D eigenvalue weighted by atomic mass is 9.80. The van der Waals surface area contributed by atoms with Gasteiger partial charge in [-0.15, -0.1) is 0 Å². The Hall–Kier alpha value is -3.24. The van der Waals surface area contributed by atoms with Gasteiger partial charge in [-0.05, 0) is 63.3 Å². The molecule has 2 saturated heterocycles. The van der Waals surface area contributed by atoms with E-state index in [1.54, 1.807) is 23.9 Å². The van der Waals surface area contributed by atoms with E-state index in [-0.39, 0.29) is 23.6 Å². The first kappa shape index (κ1) is 30.7. The molecular formula is C31H46N6O4. The number of hydrogen-bond donors (Lipinski definition) is 2. The summed E-state index contributed by atoms with van der Waals surface area (Å²) in [5.74, 6) is -0.492. The number of hydrogen-bond acceptors (Lipinski definition) is 6. The molecule has 2 fully saturated rings. The van der Waals surface area contributed by atoms with Crippen LogP contribution in [0.2, 0.25) is 0 Å². The van der Waals surface area contributed by atoms with Gasteiger partial charge in [0.25, 0.3) is 5.91 Å². The molecule has 4 rings (SSSR count). The number of benzene rings is 1. The Labute approximate surface area is 243 Å². The van der Waals surface area contributed by atoms with Crippen molar-refractivity contribution < 1.29 is 19.5 Å². The van der Waals surface area contributed by atoms with Crippen LogP contribution in [-0.2, 0) is 16.1 Å². The van der Waals surface area contributed by atoms with E-state index < -0.39 is 17.7 Å². The third-order valence-corrected chi connectivity index (χ3v) is 8.79. The van der Waals surface area contributed by atoms with Crippen LogP contribution in [0.4, 0.5) is 0 Å². The van der Waals surface area contributed by atoms with Crippen molar-refractivity contribution in [2.24, 2.45) is 5.92 Å². The number of carbonyl (C=O) groups is 3. The molecule has 2 N–H and O–H groups in total. The Kier molecular flexibility index (Phi) is 9.23. The highest BCUT2D eigenvalue weighted by molar-refractivity contribution is 6.00. The number of aliphatic hydroxyl groups excluding tert-OH is 1. The number of rotatable bonds is 9. The van der Waals surface area contributed by atoms with Crippen molar-refractivity contribution in [2.45, 2.75) is 84.5 Å². The van der Waals surface area contributed by atoms with Crippen LogP contribution < -0.4 is 5.32 Å². The number of unbranched alkanes of at least 4 members (excludes halogenated alkanes) is 1. The average molecular weight is 567 g/mol. The molecular weight excluding hydrogens is 520 g/mol. The van der Waals surface area contributed by atoms with Gasteiger partial charge in [-0.1, -0.05) is 27.2 Å². The van der Waals surface area contributed by atoms with Crippen molar-refractivity contribution in [1.29, 1.82) is 0 Å². The SMILES string of the molecule is CCCCN1C(=O)C(C(O)C(C)C)NC(=O)C12CCN(Cc1c(C)nn(-c3ccc(C(=O)N(C)C)cc3)c1C)CC2. The first-order chi connectivity index (χ1) is 19.4. The maximum Gasteiger partial charge on any atom is 0.253 e. The summed E-state index contributed by atoms with van der Waals surface area (Å²) in [6, 6.07) is 6.58. The van der Waals surface area contributed by atoms with Crippen LogP contribution in [0.1, 0.15) is 73.8 Å². The molecule has 1 aromatic heterocycles. The van der Waals surface area contributed by atoms with E-state index in [0.717, 1.165) is 35.5 Å². The Morgan fingerprint density at radius 2 is 1.78 bits per heavy atom. The third kappa shape index (κ3) is 5.90. The van der Waals surface area contributed by atoms with Crippen molar-refractivity contribution in [3.8, 4) is 5.69 Å². The van der Waals surface area contributed by atoms with Gasteiger partial charge in [0, 0.05) is 57.1 Å². The highest BCUT2D eigenvalue weighted by Gasteiger charge is 2.54. The number of aryl methyl sites for hydroxylation is 1. The molecule has 10 heteroatoms. The molecule has 1 aromatic carbocycles. The topological polar surface area (TPSA) is 111 Å². The zero-order valence-electron chi connectivity index (χ0n) is 25.6. The van der Waals surface area contributed by atoms with E-state index in [4.69, 9.17) is 5.10 Å². The minimum Gasteiger partial charge on any atom is -0.390 e. The van der Waals surface area contributed by atoms with Crippen LogP contribution in [0.3, 0.4) is 0 Å². The zero-order valence-corrected chi connectivity index (χ0v) is 25.6. The van der Waals surface area contributed by atoms with E-state index in [1.807, 2.05) is 49.7 Å². The van der Waals surface area contributed by atoms with E-state index in [0.29, 0.717) is 44.6 Å². The molecule has 41 heavy (non-hydrogen) atoms. The Bertz CT molecular complexity index is 1260. The van der Waals surface area contributed by atoms with Crippen molar-refractivity contribution in [3.05, 3.63) is 46.8 Å². The van der Waals surface area contributed by atoms with Crippen LogP contribution in [0.25, 0.3) is 5.69 Å². The summed E-state index contributed by atoms with van der Waals surface area (Å²) in [4.78, 5) is 45.1. The second-order valence-corrected chi connectivity index (χ2v) is 12.1. The molecule has 10 nitrogen and oxygen atoms in total. The first-order valence-corrected chi connectivity index (χ1v) is 14.8. The molecule has 2 aromatic rings. The van der Waals surface area contributed by atoms with Gasteiger partial charge in [-0.2, -0.15) is 5.10 Å². The van der Waals surface area contributed by atoms with Crippen molar-refractivity contribution in [3.63, 3.8) is 0 Å². The number of aliphatic hydroxyl groups is 1. The summed E-state index contributed by atoms with van der Waals surface area (Å²) < 4.78 is 1.92. The lowest BCUT2D eigenvalue weighted by molar-refractivity contribution is -0.165. The van der Waals surface area contributed by atoms with Gasteiger partial charge in [0.1, 0.15) is 11.6 Å². The lowest BCUT2D eigenvalue weighted by Crippen LogP contribution is -2.74. The van der Waals surface area contributed by atoms with E-state index in [2.05, 4.69) is 24.1 Å². The quantitative estimate of drug-likeness (QED) is 0.483. The predicted molar refractivity (Wildman–Crippen MR) is 158 cm³/mol. The number of piperazine rings is 1. The molecule has 3 amide bonds. The number of nitrogens with zero attached hydrogens (tertiary/aromatic N) is 5. The second-order valence-electron chi connectivity index (χ2n) is 12.1. The number of aromatic nitrogens is 2. The number of piperidine rings is 1. The normalized spacial score (nSPS) is 20.0. The van der Waals surface area contributed by atoms with Gasteiger partial charge in [0.15, 0.2) is 0 Å². The van der Waals surface area contributed by atoms with Crippen molar-refractivity contribution >= 4 is 17.7 Å². The fourth-order valence-electron chi connectivity index (χ4n) is 6.06. The molecule has 0 radical (unpaired) electrons. The molecule has 2 unspecified atom stereocenters.